The van der Waals surface area contributed by atoms with Crippen molar-refractivity contribution in [2.24, 2.45) is 5.92 Å². The summed E-state index contributed by atoms with van der Waals surface area (Å²) >= 11 is 1.88. The molecule has 1 aliphatic carbocycles. The van der Waals surface area contributed by atoms with Crippen molar-refractivity contribution >= 4 is 16.5 Å². The van der Waals surface area contributed by atoms with Crippen molar-refractivity contribution in [3.05, 3.63) is 10.6 Å². The summed E-state index contributed by atoms with van der Waals surface area (Å²) in [6.45, 7) is 9.89. The van der Waals surface area contributed by atoms with Gasteiger partial charge in [0.25, 0.3) is 0 Å². The van der Waals surface area contributed by atoms with Crippen LogP contribution in [0.5, 0.6) is 0 Å². The third kappa shape index (κ3) is 4.18. The van der Waals surface area contributed by atoms with Crippen molar-refractivity contribution in [3.63, 3.8) is 0 Å². The van der Waals surface area contributed by atoms with Gasteiger partial charge in [0, 0.05) is 30.9 Å². The fourth-order valence-electron chi connectivity index (χ4n) is 2.22. The molecule has 0 saturated heterocycles. The van der Waals surface area contributed by atoms with Gasteiger partial charge in [0.2, 0.25) is 0 Å². The number of nitrogens with one attached hydrogen (secondary N) is 1. The van der Waals surface area contributed by atoms with Crippen LogP contribution in [0.2, 0.25) is 0 Å². The average Bonchev–Trinajstić information content (AvgIpc) is 3.10. The number of nitrogens with zero attached hydrogens (tertiary/aromatic N) is 2. The van der Waals surface area contributed by atoms with E-state index in [0.29, 0.717) is 5.92 Å². The van der Waals surface area contributed by atoms with E-state index in [4.69, 9.17) is 4.98 Å². The molecular formula is C15H27N3S. The fourth-order valence-corrected chi connectivity index (χ4v) is 3.32. The molecule has 1 fully saturated rings. The van der Waals surface area contributed by atoms with Crippen LogP contribution in [0.1, 0.15) is 56.5 Å². The molecule has 0 bridgehead atoms. The number of thiazole rings is 1. The number of hydrogen-bond donors (Lipinski definition) is 1. The molecule has 0 atom stereocenters. The van der Waals surface area contributed by atoms with E-state index in [2.05, 4.69) is 38.0 Å². The van der Waals surface area contributed by atoms with E-state index in [1.54, 1.807) is 0 Å². The van der Waals surface area contributed by atoms with E-state index in [0.717, 1.165) is 25.6 Å². The molecule has 1 heterocycles. The van der Waals surface area contributed by atoms with Crippen LogP contribution in [0.15, 0.2) is 0 Å². The zero-order chi connectivity index (χ0) is 13.8. The zero-order valence-electron chi connectivity index (χ0n) is 12.7. The second-order valence-corrected chi connectivity index (χ2v) is 7.09. The quantitative estimate of drug-likeness (QED) is 0.789. The zero-order valence-corrected chi connectivity index (χ0v) is 13.5. The topological polar surface area (TPSA) is 28.2 Å². The molecule has 1 aliphatic rings. The van der Waals surface area contributed by atoms with Crippen LogP contribution >= 0.6 is 11.3 Å². The molecule has 0 amide bonds. The van der Waals surface area contributed by atoms with Crippen LogP contribution in [-0.4, -0.2) is 25.1 Å². The molecule has 0 radical (unpaired) electrons. The van der Waals surface area contributed by atoms with Crippen molar-refractivity contribution in [1.82, 2.24) is 10.3 Å². The van der Waals surface area contributed by atoms with Crippen molar-refractivity contribution in [2.75, 3.05) is 25.0 Å². The maximum absolute atomic E-state index is 4.89. The number of rotatable bonds is 8. The van der Waals surface area contributed by atoms with Gasteiger partial charge in [-0.1, -0.05) is 20.8 Å². The number of aromatic nitrogens is 1. The first-order valence-electron chi connectivity index (χ1n) is 7.53. The molecular weight excluding hydrogens is 254 g/mol. The van der Waals surface area contributed by atoms with Gasteiger partial charge in [0.05, 0.1) is 5.69 Å². The summed E-state index contributed by atoms with van der Waals surface area (Å²) in [6.07, 6.45) is 3.84. The van der Waals surface area contributed by atoms with Gasteiger partial charge in [-0.15, -0.1) is 11.3 Å². The SMILES string of the molecule is CCCN(C)c1nc(C2CC2)c(CNCC(C)C)s1. The Labute approximate surface area is 121 Å². The van der Waals surface area contributed by atoms with Gasteiger partial charge in [0.1, 0.15) is 0 Å². The molecule has 2 rings (SSSR count). The third-order valence-corrected chi connectivity index (χ3v) is 4.59. The lowest BCUT2D eigenvalue weighted by Gasteiger charge is -2.13. The summed E-state index contributed by atoms with van der Waals surface area (Å²) < 4.78 is 0. The van der Waals surface area contributed by atoms with Gasteiger partial charge < -0.3 is 10.2 Å². The minimum atomic E-state index is 0.708. The highest BCUT2D eigenvalue weighted by molar-refractivity contribution is 7.15. The maximum Gasteiger partial charge on any atom is 0.185 e. The van der Waals surface area contributed by atoms with E-state index < -0.39 is 0 Å². The van der Waals surface area contributed by atoms with Crippen LogP contribution in [-0.2, 0) is 6.54 Å². The number of anilines is 1. The molecule has 1 N–H and O–H groups in total. The van der Waals surface area contributed by atoms with Crippen molar-refractivity contribution in [3.8, 4) is 0 Å². The molecule has 1 saturated carbocycles. The third-order valence-electron chi connectivity index (χ3n) is 3.40. The first kappa shape index (κ1) is 14.8. The highest BCUT2D eigenvalue weighted by atomic mass is 32.1. The summed E-state index contributed by atoms with van der Waals surface area (Å²) in [7, 11) is 2.16. The monoisotopic (exact) mass is 281 g/mol. The molecule has 0 aromatic carbocycles. The first-order valence-corrected chi connectivity index (χ1v) is 8.34. The Kier molecular flexibility index (Phi) is 5.22. The van der Waals surface area contributed by atoms with Crippen LogP contribution in [0.25, 0.3) is 0 Å². The summed E-state index contributed by atoms with van der Waals surface area (Å²) in [5, 5.41) is 4.76. The molecule has 0 aliphatic heterocycles. The number of hydrogen-bond acceptors (Lipinski definition) is 4. The van der Waals surface area contributed by atoms with Gasteiger partial charge in [-0.2, -0.15) is 0 Å². The standard InChI is InChI=1S/C15H27N3S/c1-5-8-18(4)15-17-14(12-6-7-12)13(19-15)10-16-9-11(2)3/h11-12,16H,5-10H2,1-4H3. The molecule has 19 heavy (non-hydrogen) atoms. The van der Waals surface area contributed by atoms with Gasteiger partial charge in [-0.3, -0.25) is 0 Å². The Morgan fingerprint density at radius 1 is 1.42 bits per heavy atom. The Morgan fingerprint density at radius 2 is 2.16 bits per heavy atom. The normalized spacial score (nSPS) is 15.2. The second kappa shape index (κ2) is 6.71. The van der Waals surface area contributed by atoms with Crippen LogP contribution < -0.4 is 10.2 Å². The van der Waals surface area contributed by atoms with E-state index >= 15 is 0 Å². The summed E-state index contributed by atoms with van der Waals surface area (Å²) in [4.78, 5) is 8.65. The largest absolute Gasteiger partial charge is 0.351 e. The molecule has 3 nitrogen and oxygen atoms in total. The lowest BCUT2D eigenvalue weighted by Crippen LogP contribution is -2.19. The van der Waals surface area contributed by atoms with E-state index in [1.165, 1.54) is 35.0 Å². The van der Waals surface area contributed by atoms with Crippen molar-refractivity contribution in [2.45, 2.75) is 52.5 Å². The van der Waals surface area contributed by atoms with Crippen molar-refractivity contribution < 1.29 is 0 Å². The Bertz CT molecular complexity index is 396. The van der Waals surface area contributed by atoms with Crippen molar-refractivity contribution in [1.29, 1.82) is 0 Å². The highest BCUT2D eigenvalue weighted by Gasteiger charge is 2.30. The maximum atomic E-state index is 4.89. The second-order valence-electron chi connectivity index (χ2n) is 6.03. The van der Waals surface area contributed by atoms with Gasteiger partial charge >= 0.3 is 0 Å². The van der Waals surface area contributed by atoms with E-state index in [-0.39, 0.29) is 0 Å². The molecule has 108 valence electrons. The Hall–Kier alpha value is -0.610. The van der Waals surface area contributed by atoms with Gasteiger partial charge in [-0.05, 0) is 31.7 Å². The average molecular weight is 281 g/mol. The predicted molar refractivity (Wildman–Crippen MR) is 84.2 cm³/mol. The van der Waals surface area contributed by atoms with E-state index in [9.17, 15) is 0 Å². The summed E-state index contributed by atoms with van der Waals surface area (Å²) in [5.74, 6) is 1.45. The van der Waals surface area contributed by atoms with Gasteiger partial charge in [0.15, 0.2) is 5.13 Å². The molecule has 0 spiro atoms. The first-order chi connectivity index (χ1) is 9.11. The van der Waals surface area contributed by atoms with Crippen LogP contribution in [0.4, 0.5) is 5.13 Å². The smallest absolute Gasteiger partial charge is 0.185 e. The molecule has 1 aromatic rings. The lowest BCUT2D eigenvalue weighted by atomic mass is 10.2. The summed E-state index contributed by atoms with van der Waals surface area (Å²) in [6, 6.07) is 0. The highest BCUT2D eigenvalue weighted by Crippen LogP contribution is 2.44. The van der Waals surface area contributed by atoms with Gasteiger partial charge in [-0.25, -0.2) is 4.98 Å². The molecule has 1 aromatic heterocycles. The Balaban J connectivity index is 2.03. The molecule has 0 unspecified atom stereocenters. The van der Waals surface area contributed by atoms with Crippen LogP contribution in [0, 0.1) is 5.92 Å². The predicted octanol–water partition coefficient (Wildman–Crippen LogP) is 3.61. The lowest BCUT2D eigenvalue weighted by molar-refractivity contribution is 0.553. The fraction of sp³-hybridized carbons (Fsp3) is 0.800. The van der Waals surface area contributed by atoms with E-state index in [1.807, 2.05) is 11.3 Å². The minimum Gasteiger partial charge on any atom is -0.351 e. The molecule has 4 heteroatoms. The minimum absolute atomic E-state index is 0.708. The van der Waals surface area contributed by atoms with Crippen LogP contribution in [0.3, 0.4) is 0 Å². The summed E-state index contributed by atoms with van der Waals surface area (Å²) in [5.41, 5.74) is 1.37. The Morgan fingerprint density at radius 3 is 2.74 bits per heavy atom.